The molecule has 0 saturated carbocycles. The third-order valence-corrected chi connectivity index (χ3v) is 11.4. The molecule has 3 aromatic rings. The van der Waals surface area contributed by atoms with Gasteiger partial charge in [0.15, 0.2) is 0 Å². The Morgan fingerprint density at radius 2 is 1.15 bits per heavy atom. The second kappa shape index (κ2) is 8.44. The lowest BCUT2D eigenvalue weighted by atomic mass is 10.2. The van der Waals surface area contributed by atoms with Gasteiger partial charge in [0, 0.05) is 14.5 Å². The molecular formula is C23H24Br2OSi. The summed E-state index contributed by atoms with van der Waals surface area (Å²) in [6, 6.07) is 27.6. The molecular weight excluding hydrogens is 480 g/mol. The topological polar surface area (TPSA) is 9.23 Å². The van der Waals surface area contributed by atoms with E-state index in [1.807, 2.05) is 6.07 Å². The van der Waals surface area contributed by atoms with Crippen molar-refractivity contribution in [2.24, 2.45) is 0 Å². The molecule has 140 valence electrons. The molecule has 0 aliphatic rings. The van der Waals surface area contributed by atoms with Gasteiger partial charge in [0.2, 0.25) is 0 Å². The van der Waals surface area contributed by atoms with Crippen molar-refractivity contribution >= 4 is 50.6 Å². The monoisotopic (exact) mass is 502 g/mol. The third-order valence-electron chi connectivity index (χ3n) is 4.91. The van der Waals surface area contributed by atoms with Crippen LogP contribution in [0.25, 0.3) is 0 Å². The molecule has 0 bridgehead atoms. The molecule has 0 fully saturated rings. The molecule has 0 atom stereocenters. The van der Waals surface area contributed by atoms with Crippen molar-refractivity contribution in [1.29, 1.82) is 0 Å². The first-order valence-electron chi connectivity index (χ1n) is 9.04. The van der Waals surface area contributed by atoms with Crippen LogP contribution in [-0.4, -0.2) is 8.32 Å². The minimum atomic E-state index is -2.52. The molecule has 0 N–H and O–H groups in total. The molecule has 0 radical (unpaired) electrons. The van der Waals surface area contributed by atoms with Crippen LogP contribution in [0.15, 0.2) is 87.8 Å². The van der Waals surface area contributed by atoms with Gasteiger partial charge >= 0.3 is 0 Å². The van der Waals surface area contributed by atoms with Crippen molar-refractivity contribution < 1.29 is 4.43 Å². The highest BCUT2D eigenvalue weighted by Crippen LogP contribution is 2.38. The molecule has 0 saturated heterocycles. The van der Waals surface area contributed by atoms with E-state index in [9.17, 15) is 0 Å². The van der Waals surface area contributed by atoms with E-state index in [2.05, 4.69) is 125 Å². The molecule has 0 aliphatic heterocycles. The standard InChI is InChI=1S/C23H24Br2OSi/c1-23(2,3)27(18-11-6-4-7-12-18,19-13-8-5-9-14-19)26-17-20-21(24)15-10-16-22(20)25/h4-16H,17H2,1-3H3. The van der Waals surface area contributed by atoms with Crippen LogP contribution in [0.3, 0.4) is 0 Å². The van der Waals surface area contributed by atoms with Gasteiger partial charge in [0.05, 0.1) is 6.61 Å². The lowest BCUT2D eigenvalue weighted by Crippen LogP contribution is -2.66. The van der Waals surface area contributed by atoms with Gasteiger partial charge in [-0.25, -0.2) is 0 Å². The van der Waals surface area contributed by atoms with E-state index < -0.39 is 8.32 Å². The highest BCUT2D eigenvalue weighted by Gasteiger charge is 2.50. The van der Waals surface area contributed by atoms with Gasteiger partial charge in [-0.3, -0.25) is 0 Å². The predicted molar refractivity (Wildman–Crippen MR) is 124 cm³/mol. The van der Waals surface area contributed by atoms with E-state index in [0.29, 0.717) is 6.61 Å². The Morgan fingerprint density at radius 3 is 1.56 bits per heavy atom. The molecule has 3 rings (SSSR count). The fraction of sp³-hybridized carbons (Fsp3) is 0.217. The Labute approximate surface area is 180 Å². The molecule has 0 unspecified atom stereocenters. The summed E-state index contributed by atoms with van der Waals surface area (Å²) >= 11 is 7.37. The van der Waals surface area contributed by atoms with Crippen LogP contribution in [0.5, 0.6) is 0 Å². The van der Waals surface area contributed by atoms with E-state index in [-0.39, 0.29) is 5.04 Å². The smallest absolute Gasteiger partial charge is 0.261 e. The largest absolute Gasteiger partial charge is 0.403 e. The molecule has 1 nitrogen and oxygen atoms in total. The van der Waals surface area contributed by atoms with Crippen molar-refractivity contribution in [3.8, 4) is 0 Å². The van der Waals surface area contributed by atoms with Crippen LogP contribution in [0.2, 0.25) is 5.04 Å². The minimum absolute atomic E-state index is 0.0244. The summed E-state index contributed by atoms with van der Waals surface area (Å²) in [6.45, 7) is 7.45. The zero-order valence-corrected chi connectivity index (χ0v) is 20.0. The maximum atomic E-state index is 6.99. The van der Waals surface area contributed by atoms with Crippen molar-refractivity contribution in [2.45, 2.75) is 32.4 Å². The van der Waals surface area contributed by atoms with Gasteiger partial charge in [0.25, 0.3) is 8.32 Å². The number of hydrogen-bond acceptors (Lipinski definition) is 1. The van der Waals surface area contributed by atoms with Crippen molar-refractivity contribution in [3.05, 3.63) is 93.4 Å². The normalized spacial score (nSPS) is 12.2. The minimum Gasteiger partial charge on any atom is -0.403 e. The van der Waals surface area contributed by atoms with Gasteiger partial charge in [-0.2, -0.15) is 0 Å². The predicted octanol–water partition coefficient (Wildman–Crippen LogP) is 6.29. The number of benzene rings is 3. The van der Waals surface area contributed by atoms with E-state index in [4.69, 9.17) is 4.43 Å². The number of rotatable bonds is 5. The van der Waals surface area contributed by atoms with Crippen LogP contribution in [0.1, 0.15) is 26.3 Å². The Bertz CT molecular complexity index is 830. The van der Waals surface area contributed by atoms with E-state index in [1.54, 1.807) is 0 Å². The fourth-order valence-corrected chi connectivity index (χ4v) is 9.36. The lowest BCUT2D eigenvalue weighted by Gasteiger charge is -2.43. The second-order valence-electron chi connectivity index (χ2n) is 7.65. The molecule has 0 spiro atoms. The zero-order valence-electron chi connectivity index (χ0n) is 15.9. The molecule has 3 aromatic carbocycles. The highest BCUT2D eigenvalue weighted by atomic mass is 79.9. The van der Waals surface area contributed by atoms with E-state index in [1.165, 1.54) is 10.4 Å². The van der Waals surface area contributed by atoms with Gasteiger partial charge in [-0.15, -0.1) is 0 Å². The first kappa shape index (κ1) is 20.5. The fourth-order valence-electron chi connectivity index (χ4n) is 3.61. The Morgan fingerprint density at radius 1 is 0.704 bits per heavy atom. The maximum absolute atomic E-state index is 6.99. The molecule has 0 aliphatic carbocycles. The van der Waals surface area contributed by atoms with Crippen molar-refractivity contribution in [2.75, 3.05) is 0 Å². The average Bonchev–Trinajstić information content (AvgIpc) is 2.65. The van der Waals surface area contributed by atoms with Crippen LogP contribution in [-0.2, 0) is 11.0 Å². The molecule has 4 heteroatoms. The first-order valence-corrected chi connectivity index (χ1v) is 12.5. The van der Waals surface area contributed by atoms with Crippen LogP contribution < -0.4 is 10.4 Å². The average molecular weight is 504 g/mol. The highest BCUT2D eigenvalue weighted by molar-refractivity contribution is 9.11. The van der Waals surface area contributed by atoms with Gasteiger partial charge in [0.1, 0.15) is 0 Å². The second-order valence-corrected chi connectivity index (χ2v) is 13.7. The van der Waals surface area contributed by atoms with Crippen LogP contribution in [0.4, 0.5) is 0 Å². The Kier molecular flexibility index (Phi) is 6.41. The third kappa shape index (κ3) is 4.14. The van der Waals surface area contributed by atoms with E-state index >= 15 is 0 Å². The first-order chi connectivity index (χ1) is 12.9. The summed E-state index contributed by atoms with van der Waals surface area (Å²) in [7, 11) is -2.52. The summed E-state index contributed by atoms with van der Waals surface area (Å²) in [5.74, 6) is 0. The summed E-state index contributed by atoms with van der Waals surface area (Å²) in [6.07, 6.45) is 0. The van der Waals surface area contributed by atoms with Gasteiger partial charge < -0.3 is 4.43 Å². The van der Waals surface area contributed by atoms with E-state index in [0.717, 1.165) is 14.5 Å². The van der Waals surface area contributed by atoms with Crippen molar-refractivity contribution in [1.82, 2.24) is 0 Å². The molecule has 27 heavy (non-hydrogen) atoms. The lowest BCUT2D eigenvalue weighted by molar-refractivity contribution is 0.285. The summed E-state index contributed by atoms with van der Waals surface area (Å²) in [4.78, 5) is 0. The maximum Gasteiger partial charge on any atom is 0.261 e. The number of hydrogen-bond donors (Lipinski definition) is 0. The zero-order chi connectivity index (χ0) is 19.5. The quantitative estimate of drug-likeness (QED) is 0.372. The molecule has 0 aromatic heterocycles. The Hall–Kier alpha value is -1.20. The summed E-state index contributed by atoms with van der Waals surface area (Å²) in [5.41, 5.74) is 1.14. The number of halogens is 2. The SMILES string of the molecule is CC(C)(C)[Si](OCc1c(Br)cccc1Br)(c1ccccc1)c1ccccc1. The van der Waals surface area contributed by atoms with Gasteiger partial charge in [-0.1, -0.05) is 119 Å². The van der Waals surface area contributed by atoms with Crippen molar-refractivity contribution in [3.63, 3.8) is 0 Å². The van der Waals surface area contributed by atoms with Gasteiger partial charge in [-0.05, 0) is 27.5 Å². The summed E-state index contributed by atoms with van der Waals surface area (Å²) in [5, 5.41) is 2.57. The summed E-state index contributed by atoms with van der Waals surface area (Å²) < 4.78 is 9.12. The molecule has 0 amide bonds. The van der Waals surface area contributed by atoms with Crippen LogP contribution >= 0.6 is 31.9 Å². The molecule has 0 heterocycles. The van der Waals surface area contributed by atoms with Crippen LogP contribution in [0, 0.1) is 0 Å². The Balaban J connectivity index is 2.15.